The lowest BCUT2D eigenvalue weighted by molar-refractivity contribution is -0.384. The quantitative estimate of drug-likeness (QED) is 0.236. The molecule has 3 aromatic carbocycles. The number of nitro groups is 1. The largest absolute Gasteiger partial charge is 0.368 e. The molecule has 6 nitrogen and oxygen atoms in total. The highest BCUT2D eigenvalue weighted by Gasteiger charge is 2.28. The molecule has 1 atom stereocenters. The minimum Gasteiger partial charge on any atom is -0.368 e. The standard InChI is InChI=1S/C27H27FN2O4/c28-24-10-6-22(7-11-24)27(31)23-14-16-29(17-15-23)18-26(34-19-20-4-2-1-3-5-20)21-8-12-25(13-9-21)30(32)33/h1-13,23,26H,14-19H2. The van der Waals surface area contributed by atoms with E-state index in [4.69, 9.17) is 4.74 Å². The molecule has 176 valence electrons. The van der Waals surface area contributed by atoms with Crippen molar-refractivity contribution in [3.63, 3.8) is 0 Å². The molecule has 0 N–H and O–H groups in total. The molecule has 4 rings (SSSR count). The molecule has 0 aromatic heterocycles. The summed E-state index contributed by atoms with van der Waals surface area (Å²) in [5, 5.41) is 11.0. The third-order valence-electron chi connectivity index (χ3n) is 6.28. The molecule has 0 bridgehead atoms. The van der Waals surface area contributed by atoms with Crippen LogP contribution >= 0.6 is 0 Å². The molecule has 1 fully saturated rings. The van der Waals surface area contributed by atoms with E-state index < -0.39 is 4.92 Å². The number of nitro benzene ring substituents is 1. The maximum absolute atomic E-state index is 13.2. The van der Waals surface area contributed by atoms with E-state index in [1.54, 1.807) is 24.3 Å². The lowest BCUT2D eigenvalue weighted by Gasteiger charge is -2.34. The van der Waals surface area contributed by atoms with Crippen LogP contribution in [0.15, 0.2) is 78.9 Å². The van der Waals surface area contributed by atoms with Crippen LogP contribution in [0.3, 0.4) is 0 Å². The normalized spacial score (nSPS) is 15.7. The van der Waals surface area contributed by atoms with Crippen LogP contribution in [0.5, 0.6) is 0 Å². The van der Waals surface area contributed by atoms with Gasteiger partial charge in [-0.1, -0.05) is 30.3 Å². The van der Waals surface area contributed by atoms with E-state index in [2.05, 4.69) is 4.90 Å². The van der Waals surface area contributed by atoms with E-state index in [9.17, 15) is 19.3 Å². The number of Topliss-reactive ketones (excluding diaryl/α,β-unsaturated/α-hetero) is 1. The highest BCUT2D eigenvalue weighted by atomic mass is 19.1. The van der Waals surface area contributed by atoms with Crippen LogP contribution in [0.1, 0.15) is 40.4 Å². The number of hydrogen-bond acceptors (Lipinski definition) is 5. The summed E-state index contributed by atoms with van der Waals surface area (Å²) in [7, 11) is 0. The van der Waals surface area contributed by atoms with E-state index in [0.717, 1.165) is 37.1 Å². The average Bonchev–Trinajstić information content (AvgIpc) is 2.87. The van der Waals surface area contributed by atoms with Gasteiger partial charge in [0.2, 0.25) is 0 Å². The lowest BCUT2D eigenvalue weighted by Crippen LogP contribution is -2.39. The van der Waals surface area contributed by atoms with Crippen LogP contribution in [0, 0.1) is 21.8 Å². The van der Waals surface area contributed by atoms with Gasteiger partial charge in [0.15, 0.2) is 5.78 Å². The summed E-state index contributed by atoms with van der Waals surface area (Å²) in [5.41, 5.74) is 2.53. The van der Waals surface area contributed by atoms with Gasteiger partial charge >= 0.3 is 0 Å². The second kappa shape index (κ2) is 11.1. The summed E-state index contributed by atoms with van der Waals surface area (Å²) in [6.07, 6.45) is 1.19. The van der Waals surface area contributed by atoms with Gasteiger partial charge in [0, 0.05) is 30.2 Å². The predicted molar refractivity (Wildman–Crippen MR) is 127 cm³/mol. The summed E-state index contributed by atoms with van der Waals surface area (Å²) < 4.78 is 19.4. The Kier molecular flexibility index (Phi) is 7.77. The lowest BCUT2D eigenvalue weighted by atomic mass is 9.88. The number of halogens is 1. The fraction of sp³-hybridized carbons (Fsp3) is 0.296. The highest BCUT2D eigenvalue weighted by molar-refractivity contribution is 5.97. The number of likely N-dealkylation sites (tertiary alicyclic amines) is 1. The smallest absolute Gasteiger partial charge is 0.269 e. The van der Waals surface area contributed by atoms with Crippen molar-refractivity contribution in [2.24, 2.45) is 5.92 Å². The second-order valence-corrected chi connectivity index (χ2v) is 8.58. The number of carbonyl (C=O) groups is 1. The van der Waals surface area contributed by atoms with Gasteiger partial charge in [-0.25, -0.2) is 4.39 Å². The third kappa shape index (κ3) is 6.12. The van der Waals surface area contributed by atoms with Gasteiger partial charge in [-0.05, 0) is 73.5 Å². The molecule has 0 radical (unpaired) electrons. The number of nitrogens with zero attached hydrogens (tertiary/aromatic N) is 2. The van der Waals surface area contributed by atoms with Gasteiger partial charge in [-0.15, -0.1) is 0 Å². The monoisotopic (exact) mass is 462 g/mol. The molecule has 3 aromatic rings. The predicted octanol–water partition coefficient (Wildman–Crippen LogP) is 5.59. The number of non-ortho nitro benzene ring substituents is 1. The van der Waals surface area contributed by atoms with Crippen molar-refractivity contribution in [3.05, 3.63) is 111 Å². The molecule has 7 heteroatoms. The molecular formula is C27H27FN2O4. The van der Waals surface area contributed by atoms with E-state index in [1.807, 2.05) is 30.3 Å². The number of piperidine rings is 1. The summed E-state index contributed by atoms with van der Waals surface area (Å²) in [6, 6.07) is 22.1. The maximum atomic E-state index is 13.2. The number of rotatable bonds is 9. The SMILES string of the molecule is O=C(c1ccc(F)cc1)C1CCN(CC(OCc2ccccc2)c2ccc([N+](=O)[O-])cc2)CC1. The van der Waals surface area contributed by atoms with Gasteiger partial charge in [0.25, 0.3) is 5.69 Å². The number of carbonyl (C=O) groups excluding carboxylic acids is 1. The van der Waals surface area contributed by atoms with Gasteiger partial charge in [-0.3, -0.25) is 14.9 Å². The summed E-state index contributed by atoms with van der Waals surface area (Å²) in [4.78, 5) is 25.7. The summed E-state index contributed by atoms with van der Waals surface area (Å²) >= 11 is 0. The minimum atomic E-state index is -0.410. The number of ketones is 1. The molecule has 0 saturated carbocycles. The second-order valence-electron chi connectivity index (χ2n) is 8.58. The van der Waals surface area contributed by atoms with Crippen molar-refractivity contribution < 1.29 is 18.8 Å². The molecule has 0 aliphatic carbocycles. The number of benzene rings is 3. The molecule has 1 unspecified atom stereocenters. The van der Waals surface area contributed by atoms with Crippen molar-refractivity contribution in [2.45, 2.75) is 25.6 Å². The van der Waals surface area contributed by atoms with Gasteiger partial charge < -0.3 is 9.64 Å². The average molecular weight is 463 g/mol. The zero-order chi connectivity index (χ0) is 23.9. The van der Waals surface area contributed by atoms with Crippen molar-refractivity contribution in [2.75, 3.05) is 19.6 Å². The van der Waals surface area contributed by atoms with Crippen molar-refractivity contribution in [1.29, 1.82) is 0 Å². The van der Waals surface area contributed by atoms with E-state index in [0.29, 0.717) is 18.7 Å². The number of hydrogen-bond donors (Lipinski definition) is 0. The molecule has 34 heavy (non-hydrogen) atoms. The first-order chi connectivity index (χ1) is 16.5. The Morgan fingerprint density at radius 1 is 1.00 bits per heavy atom. The fourth-order valence-corrected chi connectivity index (χ4v) is 4.30. The Morgan fingerprint density at radius 2 is 1.65 bits per heavy atom. The van der Waals surface area contributed by atoms with Crippen LogP contribution in [-0.4, -0.2) is 35.2 Å². The van der Waals surface area contributed by atoms with Gasteiger partial charge in [-0.2, -0.15) is 0 Å². The van der Waals surface area contributed by atoms with Crippen LogP contribution < -0.4 is 0 Å². The van der Waals surface area contributed by atoms with Crippen molar-refractivity contribution in [1.82, 2.24) is 4.90 Å². The number of ether oxygens (including phenoxy) is 1. The fourth-order valence-electron chi connectivity index (χ4n) is 4.30. The Bertz CT molecular complexity index is 1100. The molecular weight excluding hydrogens is 435 g/mol. The van der Waals surface area contributed by atoms with Crippen LogP contribution in [0.25, 0.3) is 0 Å². The highest BCUT2D eigenvalue weighted by Crippen LogP contribution is 2.27. The summed E-state index contributed by atoms with van der Waals surface area (Å²) in [6.45, 7) is 2.55. The first kappa shape index (κ1) is 23.7. The topological polar surface area (TPSA) is 72.7 Å². The molecule has 1 aliphatic rings. The maximum Gasteiger partial charge on any atom is 0.269 e. The first-order valence-electron chi connectivity index (χ1n) is 11.4. The molecule has 1 heterocycles. The van der Waals surface area contributed by atoms with E-state index in [1.165, 1.54) is 24.3 Å². The van der Waals surface area contributed by atoms with E-state index >= 15 is 0 Å². The molecule has 0 amide bonds. The first-order valence-corrected chi connectivity index (χ1v) is 11.4. The molecule has 1 saturated heterocycles. The van der Waals surface area contributed by atoms with Crippen LogP contribution in [0.2, 0.25) is 0 Å². The minimum absolute atomic E-state index is 0.0469. The van der Waals surface area contributed by atoms with Gasteiger partial charge in [0.1, 0.15) is 5.82 Å². The Balaban J connectivity index is 1.40. The molecule has 1 aliphatic heterocycles. The van der Waals surface area contributed by atoms with Crippen LogP contribution in [-0.2, 0) is 11.3 Å². The van der Waals surface area contributed by atoms with E-state index in [-0.39, 0.29) is 29.3 Å². The van der Waals surface area contributed by atoms with Crippen molar-refractivity contribution in [3.8, 4) is 0 Å². The summed E-state index contributed by atoms with van der Waals surface area (Å²) in [5.74, 6) is -0.365. The Hall–Kier alpha value is -3.42. The van der Waals surface area contributed by atoms with Gasteiger partial charge in [0.05, 0.1) is 17.6 Å². The molecule has 0 spiro atoms. The van der Waals surface area contributed by atoms with Crippen LogP contribution in [0.4, 0.5) is 10.1 Å². The zero-order valence-electron chi connectivity index (χ0n) is 18.8. The third-order valence-corrected chi connectivity index (χ3v) is 6.28. The Morgan fingerprint density at radius 3 is 2.26 bits per heavy atom. The zero-order valence-corrected chi connectivity index (χ0v) is 18.8. The van der Waals surface area contributed by atoms with Crippen molar-refractivity contribution >= 4 is 11.5 Å². The Labute approximate surface area is 198 Å².